The highest BCUT2D eigenvalue weighted by molar-refractivity contribution is 7.16. The topological polar surface area (TPSA) is 50.4 Å². The molecule has 1 rings (SSSR count). The van der Waals surface area contributed by atoms with Gasteiger partial charge < -0.3 is 5.43 Å². The van der Waals surface area contributed by atoms with Crippen molar-refractivity contribution < 1.29 is 0 Å². The van der Waals surface area contributed by atoms with Gasteiger partial charge in [-0.3, -0.25) is 4.99 Å². The number of hydrogen-bond acceptors (Lipinski definition) is 2. The molecule has 0 saturated heterocycles. The van der Waals surface area contributed by atoms with E-state index < -0.39 is 0 Å². The Morgan fingerprint density at radius 3 is 2.47 bits per heavy atom. The van der Waals surface area contributed by atoms with Gasteiger partial charge in [0.2, 0.25) is 0 Å². The first-order chi connectivity index (χ1) is 9.24. The van der Waals surface area contributed by atoms with Crippen LogP contribution in [0.15, 0.2) is 16.6 Å². The number of hydrazine groups is 1. The van der Waals surface area contributed by atoms with Crippen molar-refractivity contribution in [2.24, 2.45) is 16.8 Å². The molecule has 0 aromatic heterocycles. The molecular weight excluding hydrogens is 253 g/mol. The SMILES string of the molecule is CC/C(=N/C(CP)/C(=C/C1CCCCC1)CC)NN. The van der Waals surface area contributed by atoms with Crippen LogP contribution in [0.2, 0.25) is 0 Å². The minimum atomic E-state index is 0.267. The number of nitrogens with zero attached hydrogens (tertiary/aromatic N) is 1. The average molecular weight is 283 g/mol. The Bertz CT molecular complexity index is 301. The van der Waals surface area contributed by atoms with Gasteiger partial charge in [-0.25, -0.2) is 5.84 Å². The summed E-state index contributed by atoms with van der Waals surface area (Å²) in [6, 6.07) is 0.267. The van der Waals surface area contributed by atoms with E-state index in [1.54, 1.807) is 0 Å². The van der Waals surface area contributed by atoms with E-state index >= 15 is 0 Å². The van der Waals surface area contributed by atoms with Crippen LogP contribution in [0.4, 0.5) is 0 Å². The Labute approximate surface area is 120 Å². The quantitative estimate of drug-likeness (QED) is 0.196. The van der Waals surface area contributed by atoms with E-state index in [1.165, 1.54) is 37.7 Å². The second-order valence-corrected chi connectivity index (χ2v) is 5.79. The van der Waals surface area contributed by atoms with Crippen LogP contribution in [0.1, 0.15) is 58.8 Å². The summed E-state index contributed by atoms with van der Waals surface area (Å²) < 4.78 is 0. The summed E-state index contributed by atoms with van der Waals surface area (Å²) in [5.74, 6) is 7.18. The number of aliphatic imine (C=N–C) groups is 1. The van der Waals surface area contributed by atoms with Crippen molar-refractivity contribution in [3.8, 4) is 0 Å². The summed E-state index contributed by atoms with van der Waals surface area (Å²) in [4.78, 5) is 4.76. The second kappa shape index (κ2) is 9.50. The third-order valence-corrected chi connectivity index (χ3v) is 4.42. The first-order valence-corrected chi connectivity index (χ1v) is 8.50. The number of rotatable bonds is 6. The minimum Gasteiger partial charge on any atom is -0.312 e. The third kappa shape index (κ3) is 5.62. The molecular formula is C15H30N3P. The molecule has 0 radical (unpaired) electrons. The first-order valence-electron chi connectivity index (χ1n) is 7.69. The molecule has 110 valence electrons. The van der Waals surface area contributed by atoms with Gasteiger partial charge in [0.05, 0.1) is 6.04 Å². The second-order valence-electron chi connectivity index (χ2n) is 5.32. The predicted octanol–water partition coefficient (Wildman–Crippen LogP) is 3.42. The molecule has 2 unspecified atom stereocenters. The van der Waals surface area contributed by atoms with E-state index in [0.29, 0.717) is 0 Å². The van der Waals surface area contributed by atoms with Gasteiger partial charge in [-0.05, 0) is 36.9 Å². The van der Waals surface area contributed by atoms with Crippen LogP contribution in [0.5, 0.6) is 0 Å². The van der Waals surface area contributed by atoms with Crippen LogP contribution in [0.25, 0.3) is 0 Å². The van der Waals surface area contributed by atoms with Crippen LogP contribution in [-0.2, 0) is 0 Å². The van der Waals surface area contributed by atoms with E-state index in [2.05, 4.69) is 34.6 Å². The van der Waals surface area contributed by atoms with E-state index in [0.717, 1.165) is 30.8 Å². The summed E-state index contributed by atoms with van der Waals surface area (Å²) in [6.07, 6.45) is 12.3. The highest BCUT2D eigenvalue weighted by Gasteiger charge is 2.15. The Balaban J connectivity index is 2.78. The fraction of sp³-hybridized carbons (Fsp3) is 0.800. The van der Waals surface area contributed by atoms with Crippen LogP contribution >= 0.6 is 9.24 Å². The van der Waals surface area contributed by atoms with Crippen molar-refractivity contribution in [2.75, 3.05) is 6.16 Å². The molecule has 0 bridgehead atoms. The van der Waals surface area contributed by atoms with Crippen molar-refractivity contribution in [1.29, 1.82) is 0 Å². The maximum atomic E-state index is 5.51. The molecule has 0 amide bonds. The molecule has 0 aromatic carbocycles. The lowest BCUT2D eigenvalue weighted by Gasteiger charge is -2.22. The summed E-state index contributed by atoms with van der Waals surface area (Å²) >= 11 is 0. The largest absolute Gasteiger partial charge is 0.312 e. The molecule has 0 aliphatic heterocycles. The molecule has 1 saturated carbocycles. The minimum absolute atomic E-state index is 0.267. The molecule has 1 aliphatic rings. The zero-order chi connectivity index (χ0) is 14.1. The molecule has 3 N–H and O–H groups in total. The fourth-order valence-electron chi connectivity index (χ4n) is 2.77. The van der Waals surface area contributed by atoms with Crippen molar-refractivity contribution >= 4 is 15.1 Å². The number of allylic oxidation sites excluding steroid dienone is 1. The first kappa shape index (κ1) is 16.7. The normalized spacial score (nSPS) is 20.4. The van der Waals surface area contributed by atoms with E-state index in [4.69, 9.17) is 10.8 Å². The number of amidine groups is 1. The van der Waals surface area contributed by atoms with Gasteiger partial charge >= 0.3 is 0 Å². The van der Waals surface area contributed by atoms with Gasteiger partial charge in [0.15, 0.2) is 0 Å². The van der Waals surface area contributed by atoms with Gasteiger partial charge in [-0.2, -0.15) is 0 Å². The van der Waals surface area contributed by atoms with Gasteiger partial charge in [-0.15, -0.1) is 9.24 Å². The average Bonchev–Trinajstić information content (AvgIpc) is 2.48. The summed E-state index contributed by atoms with van der Waals surface area (Å²) in [5, 5.41) is 0. The molecule has 4 heteroatoms. The third-order valence-electron chi connectivity index (χ3n) is 3.97. The van der Waals surface area contributed by atoms with Crippen molar-refractivity contribution in [3.63, 3.8) is 0 Å². The molecule has 3 nitrogen and oxygen atoms in total. The summed E-state index contributed by atoms with van der Waals surface area (Å²) in [5.41, 5.74) is 4.19. The van der Waals surface area contributed by atoms with Crippen LogP contribution in [0.3, 0.4) is 0 Å². The zero-order valence-corrected chi connectivity index (χ0v) is 13.6. The van der Waals surface area contributed by atoms with Crippen molar-refractivity contribution in [3.05, 3.63) is 11.6 Å². The van der Waals surface area contributed by atoms with Gasteiger partial charge in [0.25, 0.3) is 0 Å². The lowest BCUT2D eigenvalue weighted by molar-refractivity contribution is 0.416. The molecule has 0 aromatic rings. The van der Waals surface area contributed by atoms with E-state index in [9.17, 15) is 0 Å². The lowest BCUT2D eigenvalue weighted by Crippen LogP contribution is -2.31. The highest BCUT2D eigenvalue weighted by Crippen LogP contribution is 2.27. The molecule has 0 spiro atoms. The Hall–Kier alpha value is -0.400. The predicted molar refractivity (Wildman–Crippen MR) is 88.4 cm³/mol. The maximum absolute atomic E-state index is 5.51. The van der Waals surface area contributed by atoms with Crippen LogP contribution in [0, 0.1) is 5.92 Å². The molecule has 1 aliphatic carbocycles. The monoisotopic (exact) mass is 283 g/mol. The van der Waals surface area contributed by atoms with Crippen LogP contribution < -0.4 is 11.3 Å². The van der Waals surface area contributed by atoms with E-state index in [-0.39, 0.29) is 6.04 Å². The van der Waals surface area contributed by atoms with Gasteiger partial charge in [0, 0.05) is 6.42 Å². The molecule has 2 atom stereocenters. The summed E-state index contributed by atoms with van der Waals surface area (Å²) in [7, 11) is 2.82. The smallest absolute Gasteiger partial charge is 0.111 e. The Morgan fingerprint density at radius 1 is 1.32 bits per heavy atom. The van der Waals surface area contributed by atoms with E-state index in [1.807, 2.05) is 0 Å². The fourth-order valence-corrected chi connectivity index (χ4v) is 3.18. The van der Waals surface area contributed by atoms with Crippen LogP contribution in [-0.4, -0.2) is 18.0 Å². The number of hydrogen-bond donors (Lipinski definition) is 2. The number of nitrogens with two attached hydrogens (primary N) is 1. The highest BCUT2D eigenvalue weighted by atomic mass is 31.0. The van der Waals surface area contributed by atoms with Gasteiger partial charge in [-0.1, -0.05) is 39.2 Å². The Morgan fingerprint density at radius 2 is 2.00 bits per heavy atom. The Kier molecular flexibility index (Phi) is 8.32. The molecule has 0 heterocycles. The lowest BCUT2D eigenvalue weighted by atomic mass is 9.86. The standard InChI is InChI=1S/C15H30N3P/c1-3-13(10-12-8-6-5-7-9-12)14(11-19)17-15(4-2)18-16/h10,12,14H,3-9,11,16,19H2,1-2H3,(H,17,18)/b13-10+. The zero-order valence-electron chi connectivity index (χ0n) is 12.5. The molecule has 19 heavy (non-hydrogen) atoms. The molecule has 1 fully saturated rings. The maximum Gasteiger partial charge on any atom is 0.111 e. The van der Waals surface area contributed by atoms with Gasteiger partial charge in [0.1, 0.15) is 5.84 Å². The van der Waals surface area contributed by atoms with Crippen molar-refractivity contribution in [2.45, 2.75) is 64.8 Å². The summed E-state index contributed by atoms with van der Waals surface area (Å²) in [6.45, 7) is 4.31. The van der Waals surface area contributed by atoms with Crippen molar-refractivity contribution in [1.82, 2.24) is 5.43 Å². The number of nitrogens with one attached hydrogen (secondary N) is 1.